The molecule has 0 aromatic rings. The molecule has 1 aliphatic heterocycles. The van der Waals surface area contributed by atoms with Crippen LogP contribution in [0.4, 0.5) is 0 Å². The number of nitrogens with one attached hydrogen (secondary N) is 1. The molecule has 0 spiro atoms. The average molecular weight is 129 g/mol. The zero-order valence-corrected chi connectivity index (χ0v) is 5.98. The first-order chi connectivity index (χ1) is 4.27. The maximum Gasteiger partial charge on any atom is 0.0496 e. The first-order valence-electron chi connectivity index (χ1n) is 3.58. The highest BCUT2D eigenvalue weighted by molar-refractivity contribution is 4.79. The Kier molecular flexibility index (Phi) is 2.09. The molecule has 1 unspecified atom stereocenters. The van der Waals surface area contributed by atoms with E-state index in [0.29, 0.717) is 6.61 Å². The predicted octanol–water partition coefficient (Wildman–Crippen LogP) is 0.368. The molecule has 0 saturated carbocycles. The number of aliphatic hydroxyl groups is 1. The van der Waals surface area contributed by atoms with E-state index in [-0.39, 0.29) is 5.41 Å². The molecule has 1 aliphatic rings. The Morgan fingerprint density at radius 3 is 2.78 bits per heavy atom. The third-order valence-electron chi connectivity index (χ3n) is 2.07. The summed E-state index contributed by atoms with van der Waals surface area (Å²) in [6.45, 7) is 4.54. The van der Waals surface area contributed by atoms with Crippen LogP contribution in [0.25, 0.3) is 0 Å². The standard InChI is InChI=1S/C7H15NO/c1-7(6-9)3-2-4-8-5-7/h8-9H,2-6H2,1H3. The average Bonchev–Trinajstić information content (AvgIpc) is 1.90. The van der Waals surface area contributed by atoms with Gasteiger partial charge in [-0.25, -0.2) is 0 Å². The highest BCUT2D eigenvalue weighted by Gasteiger charge is 2.24. The molecule has 1 saturated heterocycles. The van der Waals surface area contributed by atoms with Crippen LogP contribution in [0, 0.1) is 5.41 Å². The molecule has 0 aromatic heterocycles. The maximum absolute atomic E-state index is 8.91. The monoisotopic (exact) mass is 129 g/mol. The molecule has 1 heterocycles. The Balaban J connectivity index is 2.37. The van der Waals surface area contributed by atoms with Gasteiger partial charge in [-0.1, -0.05) is 6.92 Å². The van der Waals surface area contributed by atoms with Crippen LogP contribution in [-0.4, -0.2) is 24.8 Å². The molecule has 2 nitrogen and oxygen atoms in total. The Morgan fingerprint density at radius 1 is 1.67 bits per heavy atom. The van der Waals surface area contributed by atoms with E-state index in [2.05, 4.69) is 12.2 Å². The summed E-state index contributed by atoms with van der Waals surface area (Å²) in [6, 6.07) is 0. The van der Waals surface area contributed by atoms with Gasteiger partial charge in [0.15, 0.2) is 0 Å². The molecule has 2 N–H and O–H groups in total. The van der Waals surface area contributed by atoms with E-state index in [1.54, 1.807) is 0 Å². The maximum atomic E-state index is 8.91. The molecule has 0 aromatic carbocycles. The van der Waals surface area contributed by atoms with Gasteiger partial charge in [0.25, 0.3) is 0 Å². The van der Waals surface area contributed by atoms with Crippen LogP contribution in [0.2, 0.25) is 0 Å². The Morgan fingerprint density at radius 2 is 2.44 bits per heavy atom. The fraction of sp³-hybridized carbons (Fsp3) is 1.00. The third kappa shape index (κ3) is 1.66. The zero-order chi connectivity index (χ0) is 6.74. The third-order valence-corrected chi connectivity index (χ3v) is 2.07. The van der Waals surface area contributed by atoms with E-state index in [0.717, 1.165) is 19.5 Å². The first-order valence-corrected chi connectivity index (χ1v) is 3.58. The molecule has 1 fully saturated rings. The van der Waals surface area contributed by atoms with Gasteiger partial charge < -0.3 is 10.4 Å². The Bertz CT molecular complexity index is 86.9. The van der Waals surface area contributed by atoms with Crippen LogP contribution in [0.5, 0.6) is 0 Å². The minimum atomic E-state index is 0.165. The second-order valence-electron chi connectivity index (χ2n) is 3.25. The van der Waals surface area contributed by atoms with Crippen LogP contribution < -0.4 is 5.32 Å². The lowest BCUT2D eigenvalue weighted by Crippen LogP contribution is -2.40. The minimum Gasteiger partial charge on any atom is -0.396 e. The molecular weight excluding hydrogens is 114 g/mol. The number of rotatable bonds is 1. The second kappa shape index (κ2) is 2.67. The lowest BCUT2D eigenvalue weighted by Gasteiger charge is -2.31. The van der Waals surface area contributed by atoms with E-state index in [1.807, 2.05) is 0 Å². The molecule has 54 valence electrons. The molecule has 1 rings (SSSR count). The van der Waals surface area contributed by atoms with Crippen molar-refractivity contribution < 1.29 is 5.11 Å². The van der Waals surface area contributed by atoms with Crippen molar-refractivity contribution in [2.75, 3.05) is 19.7 Å². The van der Waals surface area contributed by atoms with Crippen molar-refractivity contribution in [2.45, 2.75) is 19.8 Å². The fourth-order valence-electron chi connectivity index (χ4n) is 1.25. The quantitative estimate of drug-likeness (QED) is 0.536. The van der Waals surface area contributed by atoms with Crippen LogP contribution in [0.15, 0.2) is 0 Å². The van der Waals surface area contributed by atoms with E-state index in [9.17, 15) is 0 Å². The lowest BCUT2D eigenvalue weighted by molar-refractivity contribution is 0.113. The smallest absolute Gasteiger partial charge is 0.0496 e. The van der Waals surface area contributed by atoms with Gasteiger partial charge in [-0.05, 0) is 19.4 Å². The molecule has 1 atom stereocenters. The largest absolute Gasteiger partial charge is 0.396 e. The second-order valence-corrected chi connectivity index (χ2v) is 3.25. The van der Waals surface area contributed by atoms with Gasteiger partial charge in [-0.2, -0.15) is 0 Å². The van der Waals surface area contributed by atoms with Gasteiger partial charge in [0.05, 0.1) is 0 Å². The van der Waals surface area contributed by atoms with Gasteiger partial charge >= 0.3 is 0 Å². The highest BCUT2D eigenvalue weighted by Crippen LogP contribution is 2.23. The van der Waals surface area contributed by atoms with Crippen molar-refractivity contribution >= 4 is 0 Å². The summed E-state index contributed by atoms with van der Waals surface area (Å²) in [5.41, 5.74) is 0.165. The van der Waals surface area contributed by atoms with E-state index < -0.39 is 0 Å². The van der Waals surface area contributed by atoms with Crippen LogP contribution in [0.1, 0.15) is 19.8 Å². The summed E-state index contributed by atoms with van der Waals surface area (Å²) in [4.78, 5) is 0. The molecule has 0 aliphatic carbocycles. The summed E-state index contributed by atoms with van der Waals surface area (Å²) in [5, 5.41) is 12.2. The Hall–Kier alpha value is -0.0800. The topological polar surface area (TPSA) is 32.3 Å². The highest BCUT2D eigenvalue weighted by atomic mass is 16.3. The van der Waals surface area contributed by atoms with Gasteiger partial charge in [0.1, 0.15) is 0 Å². The van der Waals surface area contributed by atoms with E-state index in [1.165, 1.54) is 6.42 Å². The van der Waals surface area contributed by atoms with Crippen molar-refractivity contribution in [1.29, 1.82) is 0 Å². The van der Waals surface area contributed by atoms with E-state index >= 15 is 0 Å². The molecule has 9 heavy (non-hydrogen) atoms. The number of piperidine rings is 1. The summed E-state index contributed by atoms with van der Waals surface area (Å²) in [6.07, 6.45) is 2.37. The summed E-state index contributed by atoms with van der Waals surface area (Å²) < 4.78 is 0. The van der Waals surface area contributed by atoms with Crippen LogP contribution in [-0.2, 0) is 0 Å². The minimum absolute atomic E-state index is 0.165. The number of hydrogen-bond acceptors (Lipinski definition) is 2. The molecule has 0 amide bonds. The SMILES string of the molecule is CC1(CO)CCCNC1. The van der Waals surface area contributed by atoms with Crippen molar-refractivity contribution in [2.24, 2.45) is 5.41 Å². The van der Waals surface area contributed by atoms with Crippen molar-refractivity contribution in [3.05, 3.63) is 0 Å². The zero-order valence-electron chi connectivity index (χ0n) is 5.98. The van der Waals surface area contributed by atoms with Gasteiger partial charge in [0.2, 0.25) is 0 Å². The Labute approximate surface area is 56.3 Å². The van der Waals surface area contributed by atoms with Crippen LogP contribution in [0.3, 0.4) is 0 Å². The van der Waals surface area contributed by atoms with E-state index in [4.69, 9.17) is 5.11 Å². The van der Waals surface area contributed by atoms with Gasteiger partial charge in [-0.3, -0.25) is 0 Å². The van der Waals surface area contributed by atoms with Crippen LogP contribution >= 0.6 is 0 Å². The van der Waals surface area contributed by atoms with Crippen molar-refractivity contribution in [3.63, 3.8) is 0 Å². The predicted molar refractivity (Wildman–Crippen MR) is 37.3 cm³/mol. The van der Waals surface area contributed by atoms with Crippen molar-refractivity contribution in [1.82, 2.24) is 5.32 Å². The first kappa shape index (κ1) is 7.03. The normalized spacial score (nSPS) is 36.7. The molecule has 2 heteroatoms. The lowest BCUT2D eigenvalue weighted by atomic mass is 9.84. The number of hydrogen-bond donors (Lipinski definition) is 2. The fourth-order valence-corrected chi connectivity index (χ4v) is 1.25. The molecule has 0 radical (unpaired) electrons. The summed E-state index contributed by atoms with van der Waals surface area (Å²) >= 11 is 0. The molecular formula is C7H15NO. The van der Waals surface area contributed by atoms with Crippen molar-refractivity contribution in [3.8, 4) is 0 Å². The van der Waals surface area contributed by atoms with Gasteiger partial charge in [-0.15, -0.1) is 0 Å². The van der Waals surface area contributed by atoms with Gasteiger partial charge in [0, 0.05) is 18.6 Å². The number of aliphatic hydroxyl groups excluding tert-OH is 1. The summed E-state index contributed by atoms with van der Waals surface area (Å²) in [5.74, 6) is 0. The molecule has 0 bridgehead atoms. The summed E-state index contributed by atoms with van der Waals surface area (Å²) in [7, 11) is 0.